The molecule has 0 aromatic carbocycles. The minimum absolute atomic E-state index is 0.0602. The van der Waals surface area contributed by atoms with E-state index >= 15 is 0 Å². The predicted octanol–water partition coefficient (Wildman–Crippen LogP) is 1.57. The van der Waals surface area contributed by atoms with Gasteiger partial charge in [-0.25, -0.2) is 0 Å². The zero-order valence-electron chi connectivity index (χ0n) is 11.9. The Balaban J connectivity index is 2.52. The van der Waals surface area contributed by atoms with E-state index in [0.29, 0.717) is 19.0 Å². The van der Waals surface area contributed by atoms with Crippen molar-refractivity contribution in [2.24, 2.45) is 24.6 Å². The Labute approximate surface area is 110 Å². The number of nitrogens with two attached hydrogens (primary N) is 1. The van der Waals surface area contributed by atoms with Crippen molar-refractivity contribution in [3.8, 4) is 0 Å². The lowest BCUT2D eigenvalue weighted by atomic mass is 9.96. The Morgan fingerprint density at radius 1 is 1.44 bits per heavy atom. The Bertz CT molecular complexity index is 396. The van der Waals surface area contributed by atoms with Gasteiger partial charge >= 0.3 is 0 Å². The van der Waals surface area contributed by atoms with Gasteiger partial charge in [0.15, 0.2) is 0 Å². The molecule has 1 atom stereocenters. The summed E-state index contributed by atoms with van der Waals surface area (Å²) < 4.78 is 2.08. The number of nitrogens with zero attached hydrogens (tertiary/aromatic N) is 1. The summed E-state index contributed by atoms with van der Waals surface area (Å²) in [5.41, 5.74) is 7.96. The summed E-state index contributed by atoms with van der Waals surface area (Å²) in [4.78, 5) is 12.0. The van der Waals surface area contributed by atoms with Crippen molar-refractivity contribution in [2.45, 2.75) is 33.7 Å². The molecule has 1 rings (SSSR count). The molecule has 1 aromatic heterocycles. The quantitative estimate of drug-likeness (QED) is 0.806. The van der Waals surface area contributed by atoms with E-state index in [4.69, 9.17) is 5.73 Å². The summed E-state index contributed by atoms with van der Waals surface area (Å²) in [6.45, 7) is 7.24. The van der Waals surface area contributed by atoms with Gasteiger partial charge in [-0.3, -0.25) is 4.79 Å². The molecule has 102 valence electrons. The first-order chi connectivity index (χ1) is 8.45. The number of carbonyl (C=O) groups excluding carboxylic acids is 1. The van der Waals surface area contributed by atoms with Gasteiger partial charge in [-0.05, 0) is 31.4 Å². The van der Waals surface area contributed by atoms with Crippen LogP contribution in [0.4, 0.5) is 0 Å². The fourth-order valence-corrected chi connectivity index (χ4v) is 2.05. The van der Waals surface area contributed by atoms with Crippen LogP contribution in [0.5, 0.6) is 0 Å². The Morgan fingerprint density at radius 2 is 2.11 bits per heavy atom. The summed E-state index contributed by atoms with van der Waals surface area (Å²) in [7, 11) is 2.01. The summed E-state index contributed by atoms with van der Waals surface area (Å²) in [6, 6.07) is 4.09. The predicted molar refractivity (Wildman–Crippen MR) is 74.0 cm³/mol. The number of hydrogen-bond donors (Lipinski definition) is 2. The summed E-state index contributed by atoms with van der Waals surface area (Å²) in [6.07, 6.45) is 0.842. The van der Waals surface area contributed by atoms with Crippen molar-refractivity contribution in [1.29, 1.82) is 0 Å². The van der Waals surface area contributed by atoms with E-state index in [1.165, 1.54) is 5.69 Å². The highest BCUT2D eigenvalue weighted by Crippen LogP contribution is 2.11. The summed E-state index contributed by atoms with van der Waals surface area (Å²) in [5.74, 6) is 0.470. The molecule has 0 fully saturated rings. The van der Waals surface area contributed by atoms with E-state index in [9.17, 15) is 4.79 Å². The van der Waals surface area contributed by atoms with Crippen molar-refractivity contribution in [2.75, 3.05) is 6.54 Å². The average Bonchev–Trinajstić information content (AvgIpc) is 2.64. The van der Waals surface area contributed by atoms with Crippen molar-refractivity contribution in [1.82, 2.24) is 9.88 Å². The molecule has 1 unspecified atom stereocenters. The second kappa shape index (κ2) is 6.59. The molecule has 0 aliphatic carbocycles. The zero-order valence-corrected chi connectivity index (χ0v) is 11.9. The molecule has 0 saturated heterocycles. The van der Waals surface area contributed by atoms with Crippen LogP contribution in [0.25, 0.3) is 0 Å². The minimum Gasteiger partial charge on any atom is -0.350 e. The molecule has 1 aromatic rings. The number of amides is 1. The van der Waals surface area contributed by atoms with E-state index in [1.807, 2.05) is 20.0 Å². The van der Waals surface area contributed by atoms with Crippen LogP contribution in [0, 0.1) is 18.8 Å². The molecule has 3 N–H and O–H groups in total. The molecule has 0 aliphatic rings. The standard InChI is InChI=1S/C14H25N3O/c1-10(2)7-12(8-15)14(18)16-9-13-6-5-11(3)17(13)4/h5-6,10,12H,7-9,15H2,1-4H3,(H,16,18). The highest BCUT2D eigenvalue weighted by Gasteiger charge is 2.18. The van der Waals surface area contributed by atoms with Gasteiger partial charge in [-0.2, -0.15) is 0 Å². The molecule has 0 aliphatic heterocycles. The van der Waals surface area contributed by atoms with E-state index in [1.54, 1.807) is 0 Å². The van der Waals surface area contributed by atoms with Gasteiger partial charge in [-0.1, -0.05) is 13.8 Å². The fraction of sp³-hybridized carbons (Fsp3) is 0.643. The van der Waals surface area contributed by atoms with Crippen LogP contribution in [-0.2, 0) is 18.4 Å². The molecule has 0 saturated carbocycles. The van der Waals surface area contributed by atoms with Crippen LogP contribution in [0.1, 0.15) is 31.7 Å². The number of hydrogen-bond acceptors (Lipinski definition) is 2. The molecule has 0 spiro atoms. The van der Waals surface area contributed by atoms with E-state index in [2.05, 4.69) is 29.8 Å². The minimum atomic E-state index is -0.0774. The van der Waals surface area contributed by atoms with Gasteiger partial charge in [0.1, 0.15) is 0 Å². The van der Waals surface area contributed by atoms with Gasteiger partial charge in [0, 0.05) is 25.0 Å². The van der Waals surface area contributed by atoms with Crippen LogP contribution >= 0.6 is 0 Å². The van der Waals surface area contributed by atoms with Crippen molar-refractivity contribution >= 4 is 5.91 Å². The molecule has 4 heteroatoms. The van der Waals surface area contributed by atoms with Crippen molar-refractivity contribution in [3.63, 3.8) is 0 Å². The van der Waals surface area contributed by atoms with Crippen LogP contribution in [0.2, 0.25) is 0 Å². The van der Waals surface area contributed by atoms with Gasteiger partial charge in [0.25, 0.3) is 0 Å². The van der Waals surface area contributed by atoms with Crippen molar-refractivity contribution < 1.29 is 4.79 Å². The van der Waals surface area contributed by atoms with Gasteiger partial charge in [0.05, 0.1) is 12.5 Å². The SMILES string of the molecule is Cc1ccc(CNC(=O)C(CN)CC(C)C)n1C. The van der Waals surface area contributed by atoms with Crippen LogP contribution < -0.4 is 11.1 Å². The highest BCUT2D eigenvalue weighted by molar-refractivity contribution is 5.78. The van der Waals surface area contributed by atoms with E-state index in [0.717, 1.165) is 12.1 Å². The third-order valence-corrected chi connectivity index (χ3v) is 3.33. The Hall–Kier alpha value is -1.29. The van der Waals surface area contributed by atoms with Crippen LogP contribution in [0.15, 0.2) is 12.1 Å². The third kappa shape index (κ3) is 3.88. The van der Waals surface area contributed by atoms with Crippen LogP contribution in [-0.4, -0.2) is 17.0 Å². The molecule has 1 heterocycles. The molecule has 0 radical (unpaired) electrons. The maximum absolute atomic E-state index is 12.0. The molecule has 0 bridgehead atoms. The second-order valence-electron chi connectivity index (χ2n) is 5.31. The Kier molecular flexibility index (Phi) is 5.41. The summed E-state index contributed by atoms with van der Waals surface area (Å²) in [5, 5.41) is 2.97. The van der Waals surface area contributed by atoms with Crippen LogP contribution in [0.3, 0.4) is 0 Å². The molecule has 1 amide bonds. The first kappa shape index (κ1) is 14.8. The average molecular weight is 251 g/mol. The smallest absolute Gasteiger partial charge is 0.224 e. The molecular weight excluding hydrogens is 226 g/mol. The first-order valence-corrected chi connectivity index (χ1v) is 6.54. The maximum atomic E-state index is 12.0. The zero-order chi connectivity index (χ0) is 13.7. The number of rotatable bonds is 6. The van der Waals surface area contributed by atoms with Gasteiger partial charge < -0.3 is 15.6 Å². The monoisotopic (exact) mass is 251 g/mol. The lowest BCUT2D eigenvalue weighted by Crippen LogP contribution is -2.35. The number of nitrogens with one attached hydrogen (secondary N) is 1. The van der Waals surface area contributed by atoms with Crippen molar-refractivity contribution in [3.05, 3.63) is 23.5 Å². The Morgan fingerprint density at radius 3 is 2.56 bits per heavy atom. The second-order valence-corrected chi connectivity index (χ2v) is 5.31. The molecule has 18 heavy (non-hydrogen) atoms. The van der Waals surface area contributed by atoms with Gasteiger partial charge in [-0.15, -0.1) is 0 Å². The van der Waals surface area contributed by atoms with E-state index in [-0.39, 0.29) is 11.8 Å². The fourth-order valence-electron chi connectivity index (χ4n) is 2.05. The molecular formula is C14H25N3O. The van der Waals surface area contributed by atoms with E-state index < -0.39 is 0 Å². The lowest BCUT2D eigenvalue weighted by molar-refractivity contribution is -0.125. The maximum Gasteiger partial charge on any atom is 0.224 e. The van der Waals surface area contributed by atoms with Gasteiger partial charge in [0.2, 0.25) is 5.91 Å². The molecule has 4 nitrogen and oxygen atoms in total. The topological polar surface area (TPSA) is 60.1 Å². The number of aryl methyl sites for hydroxylation is 1. The highest BCUT2D eigenvalue weighted by atomic mass is 16.1. The largest absolute Gasteiger partial charge is 0.350 e. The third-order valence-electron chi connectivity index (χ3n) is 3.33. The summed E-state index contributed by atoms with van der Waals surface area (Å²) >= 11 is 0. The first-order valence-electron chi connectivity index (χ1n) is 6.54. The number of carbonyl (C=O) groups is 1. The lowest BCUT2D eigenvalue weighted by Gasteiger charge is -2.17. The normalized spacial score (nSPS) is 12.8. The number of aromatic nitrogens is 1.